The number of furan rings is 1. The van der Waals surface area contributed by atoms with E-state index in [-0.39, 0.29) is 11.8 Å². The molecule has 1 amide bonds. The van der Waals surface area contributed by atoms with Crippen LogP contribution in [-0.2, 0) is 4.79 Å². The SMILES string of the molecule is COc1ccccc1N1CC(c2noc(-c3ccc(Br)o3)n2)CC1=O. The lowest BCUT2D eigenvalue weighted by Crippen LogP contribution is -2.24. The minimum atomic E-state index is -0.145. The molecule has 0 spiro atoms. The van der Waals surface area contributed by atoms with Gasteiger partial charge in [-0.3, -0.25) is 4.79 Å². The first kappa shape index (κ1) is 15.9. The molecule has 1 aliphatic rings. The van der Waals surface area contributed by atoms with Crippen molar-refractivity contribution in [3.63, 3.8) is 0 Å². The van der Waals surface area contributed by atoms with E-state index in [9.17, 15) is 4.79 Å². The number of halogens is 1. The summed E-state index contributed by atoms with van der Waals surface area (Å²) in [6.45, 7) is 0.472. The van der Waals surface area contributed by atoms with Crippen molar-refractivity contribution < 1.29 is 18.5 Å². The zero-order valence-corrected chi connectivity index (χ0v) is 14.9. The Kier molecular flexibility index (Phi) is 4.04. The van der Waals surface area contributed by atoms with Crippen molar-refractivity contribution in [2.45, 2.75) is 12.3 Å². The summed E-state index contributed by atoms with van der Waals surface area (Å²) in [6.07, 6.45) is 0.318. The number of carbonyl (C=O) groups excluding carboxylic acids is 1. The number of benzene rings is 1. The number of anilines is 1. The molecule has 0 aliphatic carbocycles. The zero-order chi connectivity index (χ0) is 17.4. The van der Waals surface area contributed by atoms with Gasteiger partial charge in [-0.1, -0.05) is 17.3 Å². The van der Waals surface area contributed by atoms with Gasteiger partial charge >= 0.3 is 0 Å². The van der Waals surface area contributed by atoms with E-state index in [1.165, 1.54) is 0 Å². The van der Waals surface area contributed by atoms with Gasteiger partial charge in [0, 0.05) is 18.9 Å². The highest BCUT2D eigenvalue weighted by Gasteiger charge is 2.35. The first-order valence-electron chi connectivity index (χ1n) is 7.68. The van der Waals surface area contributed by atoms with Crippen LogP contribution in [-0.4, -0.2) is 29.7 Å². The lowest BCUT2D eigenvalue weighted by Gasteiger charge is -2.18. The van der Waals surface area contributed by atoms with E-state index in [4.69, 9.17) is 13.7 Å². The van der Waals surface area contributed by atoms with Crippen molar-refractivity contribution >= 4 is 27.5 Å². The lowest BCUT2D eigenvalue weighted by molar-refractivity contribution is -0.117. The number of ether oxygens (including phenoxy) is 1. The van der Waals surface area contributed by atoms with E-state index < -0.39 is 0 Å². The molecule has 0 saturated carbocycles. The predicted octanol–water partition coefficient (Wildman–Crippen LogP) is 3.62. The number of nitrogens with zero attached hydrogens (tertiary/aromatic N) is 3. The highest BCUT2D eigenvalue weighted by Crippen LogP contribution is 2.36. The molecule has 1 saturated heterocycles. The van der Waals surface area contributed by atoms with Gasteiger partial charge in [-0.25, -0.2) is 0 Å². The average molecular weight is 404 g/mol. The van der Waals surface area contributed by atoms with Gasteiger partial charge in [0.05, 0.1) is 12.8 Å². The van der Waals surface area contributed by atoms with E-state index >= 15 is 0 Å². The molecule has 25 heavy (non-hydrogen) atoms. The molecule has 4 rings (SSSR count). The Labute approximate surface area is 151 Å². The van der Waals surface area contributed by atoms with Crippen molar-refractivity contribution in [3.05, 3.63) is 46.9 Å². The molecule has 8 heteroatoms. The minimum Gasteiger partial charge on any atom is -0.495 e. The van der Waals surface area contributed by atoms with Gasteiger partial charge in [-0.2, -0.15) is 4.98 Å². The Morgan fingerprint density at radius 2 is 2.12 bits per heavy atom. The van der Waals surface area contributed by atoms with Crippen LogP contribution in [0.4, 0.5) is 5.69 Å². The first-order valence-corrected chi connectivity index (χ1v) is 8.47. The van der Waals surface area contributed by atoms with Crippen LogP contribution in [0, 0.1) is 0 Å². The molecule has 1 aliphatic heterocycles. The van der Waals surface area contributed by atoms with Crippen LogP contribution >= 0.6 is 15.9 Å². The topological polar surface area (TPSA) is 81.6 Å². The van der Waals surface area contributed by atoms with Crippen LogP contribution < -0.4 is 9.64 Å². The number of amides is 1. The van der Waals surface area contributed by atoms with Gasteiger partial charge < -0.3 is 18.6 Å². The van der Waals surface area contributed by atoms with Crippen LogP contribution in [0.3, 0.4) is 0 Å². The third-order valence-corrected chi connectivity index (χ3v) is 4.52. The fourth-order valence-electron chi connectivity index (χ4n) is 2.90. The molecule has 1 fully saturated rings. The van der Waals surface area contributed by atoms with Gasteiger partial charge in [0.25, 0.3) is 5.89 Å². The van der Waals surface area contributed by atoms with Gasteiger partial charge in [0.2, 0.25) is 5.91 Å². The van der Waals surface area contributed by atoms with Gasteiger partial charge in [-0.15, -0.1) is 0 Å². The van der Waals surface area contributed by atoms with Crippen molar-refractivity contribution in [2.24, 2.45) is 0 Å². The van der Waals surface area contributed by atoms with E-state index in [0.717, 1.165) is 5.69 Å². The summed E-state index contributed by atoms with van der Waals surface area (Å²) in [7, 11) is 1.59. The van der Waals surface area contributed by atoms with E-state index in [1.807, 2.05) is 24.3 Å². The summed E-state index contributed by atoms with van der Waals surface area (Å²) in [4.78, 5) is 18.5. The largest absolute Gasteiger partial charge is 0.495 e. The van der Waals surface area contributed by atoms with E-state index in [2.05, 4.69) is 26.1 Å². The second kappa shape index (κ2) is 6.36. The number of carbonyl (C=O) groups is 1. The summed E-state index contributed by atoms with van der Waals surface area (Å²) in [5.74, 6) is 1.79. The monoisotopic (exact) mass is 403 g/mol. The number of para-hydroxylation sites is 2. The third-order valence-electron chi connectivity index (χ3n) is 4.09. The fraction of sp³-hybridized carbons (Fsp3) is 0.235. The standard InChI is InChI=1S/C17H14BrN3O4/c1-23-12-5-3-2-4-11(12)21-9-10(8-15(21)22)16-19-17(25-20-16)13-6-7-14(18)24-13/h2-7,10H,8-9H2,1H3. The Bertz CT molecular complexity index is 920. The highest BCUT2D eigenvalue weighted by molar-refractivity contribution is 9.10. The molecule has 128 valence electrons. The number of aromatic nitrogens is 2. The number of hydrogen-bond acceptors (Lipinski definition) is 6. The number of methoxy groups -OCH3 is 1. The smallest absolute Gasteiger partial charge is 0.293 e. The van der Waals surface area contributed by atoms with Crippen LogP contribution in [0.1, 0.15) is 18.2 Å². The normalized spacial score (nSPS) is 17.3. The predicted molar refractivity (Wildman–Crippen MR) is 92.4 cm³/mol. The van der Waals surface area contributed by atoms with Gasteiger partial charge in [-0.05, 0) is 40.2 Å². The molecule has 1 atom stereocenters. The van der Waals surface area contributed by atoms with E-state index in [0.29, 0.717) is 40.9 Å². The van der Waals surface area contributed by atoms with Gasteiger partial charge in [0.1, 0.15) is 5.75 Å². The van der Waals surface area contributed by atoms with Crippen molar-refractivity contribution in [3.8, 4) is 17.4 Å². The number of hydrogen-bond donors (Lipinski definition) is 0. The molecule has 1 unspecified atom stereocenters. The average Bonchev–Trinajstić information content (AvgIpc) is 3.34. The maximum atomic E-state index is 12.5. The summed E-state index contributed by atoms with van der Waals surface area (Å²) >= 11 is 3.24. The van der Waals surface area contributed by atoms with Crippen LogP contribution in [0.5, 0.6) is 5.75 Å². The molecule has 7 nitrogen and oxygen atoms in total. The third kappa shape index (κ3) is 2.93. The van der Waals surface area contributed by atoms with Crippen molar-refractivity contribution in [2.75, 3.05) is 18.6 Å². The Hall–Kier alpha value is -2.61. The van der Waals surface area contributed by atoms with Crippen molar-refractivity contribution in [1.29, 1.82) is 0 Å². The van der Waals surface area contributed by atoms with Crippen molar-refractivity contribution in [1.82, 2.24) is 10.1 Å². The molecule has 2 aromatic heterocycles. The second-order valence-corrected chi connectivity index (χ2v) is 6.42. The molecule has 0 bridgehead atoms. The molecular weight excluding hydrogens is 390 g/mol. The van der Waals surface area contributed by atoms with Crippen LogP contribution in [0.15, 0.2) is 50.0 Å². The summed E-state index contributed by atoms with van der Waals surface area (Å²) in [5, 5.41) is 4.02. The first-order chi connectivity index (χ1) is 12.2. The zero-order valence-electron chi connectivity index (χ0n) is 13.3. The lowest BCUT2D eigenvalue weighted by atomic mass is 10.1. The van der Waals surface area contributed by atoms with E-state index in [1.54, 1.807) is 24.1 Å². The molecule has 0 radical (unpaired) electrons. The Morgan fingerprint density at radius 1 is 1.28 bits per heavy atom. The summed E-state index contributed by atoms with van der Waals surface area (Å²) < 4.78 is 16.6. The minimum absolute atomic E-state index is 0.00148. The highest BCUT2D eigenvalue weighted by atomic mass is 79.9. The van der Waals surface area contributed by atoms with Gasteiger partial charge in [0.15, 0.2) is 16.3 Å². The molecule has 1 aromatic carbocycles. The van der Waals surface area contributed by atoms with Crippen LogP contribution in [0.2, 0.25) is 0 Å². The Morgan fingerprint density at radius 3 is 2.88 bits per heavy atom. The fourth-order valence-corrected chi connectivity index (χ4v) is 3.20. The molecule has 0 N–H and O–H groups in total. The molecule has 3 heterocycles. The Balaban J connectivity index is 1.57. The molecule has 3 aromatic rings. The summed E-state index contributed by atoms with van der Waals surface area (Å²) in [5.41, 5.74) is 0.746. The molecular formula is C17H14BrN3O4. The summed E-state index contributed by atoms with van der Waals surface area (Å²) in [6, 6.07) is 10.9. The number of rotatable bonds is 4. The second-order valence-electron chi connectivity index (χ2n) is 5.64. The maximum absolute atomic E-state index is 12.5. The quantitative estimate of drug-likeness (QED) is 0.661. The maximum Gasteiger partial charge on any atom is 0.293 e. The van der Waals surface area contributed by atoms with Crippen LogP contribution in [0.25, 0.3) is 11.7 Å².